The van der Waals surface area contributed by atoms with E-state index < -0.39 is 5.91 Å². The Balaban J connectivity index is 2.25. The first-order chi connectivity index (χ1) is 11.0. The van der Waals surface area contributed by atoms with Crippen LogP contribution >= 0.6 is 11.6 Å². The number of benzene rings is 1. The van der Waals surface area contributed by atoms with Crippen molar-refractivity contribution in [3.63, 3.8) is 0 Å². The van der Waals surface area contributed by atoms with Crippen molar-refractivity contribution in [2.75, 3.05) is 11.9 Å². The summed E-state index contributed by atoms with van der Waals surface area (Å²) in [5.41, 5.74) is 6.71. The molecule has 0 atom stereocenters. The number of aryl methyl sites for hydroxylation is 1. The topological polar surface area (TPSA) is 90.1 Å². The van der Waals surface area contributed by atoms with Gasteiger partial charge in [-0.3, -0.25) is 4.79 Å². The highest BCUT2D eigenvalue weighted by molar-refractivity contribution is 6.30. The van der Waals surface area contributed by atoms with Crippen molar-refractivity contribution in [3.05, 3.63) is 40.8 Å². The number of primary amides is 1. The molecule has 0 saturated carbocycles. The van der Waals surface area contributed by atoms with E-state index in [4.69, 9.17) is 22.1 Å². The molecule has 2 rings (SSSR count). The number of nitrogens with one attached hydrogen (secondary N) is 1. The van der Waals surface area contributed by atoms with Gasteiger partial charge < -0.3 is 15.8 Å². The van der Waals surface area contributed by atoms with E-state index in [1.165, 1.54) is 0 Å². The molecule has 0 fully saturated rings. The lowest BCUT2D eigenvalue weighted by Gasteiger charge is -2.11. The Morgan fingerprint density at radius 1 is 1.26 bits per heavy atom. The van der Waals surface area contributed by atoms with Crippen LogP contribution in [0.25, 0.3) is 0 Å². The van der Waals surface area contributed by atoms with Gasteiger partial charge in [-0.05, 0) is 37.1 Å². The van der Waals surface area contributed by atoms with E-state index in [-0.39, 0.29) is 16.7 Å². The van der Waals surface area contributed by atoms with Gasteiger partial charge >= 0.3 is 0 Å². The summed E-state index contributed by atoms with van der Waals surface area (Å²) in [5, 5.41) is 3.27. The molecule has 7 heteroatoms. The van der Waals surface area contributed by atoms with Gasteiger partial charge in [0.2, 0.25) is 0 Å². The molecule has 3 N–H and O–H groups in total. The SMILES string of the molecule is CCCOc1ccc(Nc2nc(Cl)c(CC)nc2C(N)=O)cc1. The fraction of sp³-hybridized carbons (Fsp3) is 0.312. The van der Waals surface area contributed by atoms with Crippen molar-refractivity contribution in [3.8, 4) is 5.75 Å². The summed E-state index contributed by atoms with van der Waals surface area (Å²) in [6.07, 6.45) is 1.51. The van der Waals surface area contributed by atoms with Gasteiger partial charge in [-0.15, -0.1) is 0 Å². The zero-order valence-electron chi connectivity index (χ0n) is 13.1. The van der Waals surface area contributed by atoms with Gasteiger partial charge in [0, 0.05) is 5.69 Å². The van der Waals surface area contributed by atoms with Crippen molar-refractivity contribution in [1.82, 2.24) is 9.97 Å². The summed E-state index contributed by atoms with van der Waals surface area (Å²) in [6, 6.07) is 7.30. The predicted octanol–water partition coefficient (Wildman–Crippen LogP) is 3.32. The molecule has 1 heterocycles. The van der Waals surface area contributed by atoms with Crippen LogP contribution in [0.15, 0.2) is 24.3 Å². The molecule has 1 aromatic heterocycles. The molecule has 0 saturated heterocycles. The van der Waals surface area contributed by atoms with Crippen molar-refractivity contribution >= 4 is 29.0 Å². The number of hydrogen-bond acceptors (Lipinski definition) is 5. The quantitative estimate of drug-likeness (QED) is 0.810. The highest BCUT2D eigenvalue weighted by atomic mass is 35.5. The number of rotatable bonds is 7. The second-order valence-electron chi connectivity index (χ2n) is 4.87. The van der Waals surface area contributed by atoms with Gasteiger partial charge in [0.1, 0.15) is 5.75 Å². The molecule has 2 aromatic rings. The van der Waals surface area contributed by atoms with Crippen LogP contribution in [0.2, 0.25) is 5.15 Å². The number of halogens is 1. The Hall–Kier alpha value is -2.34. The van der Waals surface area contributed by atoms with Crippen LogP contribution in [-0.4, -0.2) is 22.5 Å². The number of ether oxygens (including phenoxy) is 1. The first kappa shape index (κ1) is 17.0. The lowest BCUT2D eigenvalue weighted by atomic mass is 10.2. The monoisotopic (exact) mass is 334 g/mol. The minimum absolute atomic E-state index is 0.0672. The van der Waals surface area contributed by atoms with E-state index in [1.807, 2.05) is 38.1 Å². The highest BCUT2D eigenvalue weighted by Crippen LogP contribution is 2.23. The zero-order chi connectivity index (χ0) is 16.8. The normalized spacial score (nSPS) is 10.4. The van der Waals surface area contributed by atoms with Crippen LogP contribution in [0.5, 0.6) is 5.75 Å². The van der Waals surface area contributed by atoms with E-state index in [2.05, 4.69) is 15.3 Å². The van der Waals surface area contributed by atoms with Crippen LogP contribution in [0, 0.1) is 0 Å². The number of nitrogens with two attached hydrogens (primary N) is 1. The van der Waals surface area contributed by atoms with Crippen molar-refractivity contribution in [2.45, 2.75) is 26.7 Å². The minimum atomic E-state index is -0.658. The summed E-state index contributed by atoms with van der Waals surface area (Å²) < 4.78 is 5.52. The smallest absolute Gasteiger partial charge is 0.271 e. The van der Waals surface area contributed by atoms with Gasteiger partial charge in [-0.2, -0.15) is 0 Å². The Morgan fingerprint density at radius 3 is 2.52 bits per heavy atom. The number of hydrogen-bond donors (Lipinski definition) is 2. The molecule has 122 valence electrons. The van der Waals surface area contributed by atoms with Crippen molar-refractivity contribution in [1.29, 1.82) is 0 Å². The Bertz CT molecular complexity index is 689. The maximum absolute atomic E-state index is 11.6. The standard InChI is InChI=1S/C16H19ClN4O2/c1-3-9-23-11-7-5-10(6-8-11)19-16-13(15(18)22)20-12(4-2)14(17)21-16/h5-8H,3-4,9H2,1-2H3,(H2,18,22)(H,19,21). The van der Waals surface area contributed by atoms with Gasteiger partial charge in [0.15, 0.2) is 16.7 Å². The molecule has 6 nitrogen and oxygen atoms in total. The number of anilines is 2. The molecule has 1 aromatic carbocycles. The first-order valence-corrected chi connectivity index (χ1v) is 7.79. The van der Waals surface area contributed by atoms with Crippen molar-refractivity contribution < 1.29 is 9.53 Å². The maximum atomic E-state index is 11.6. The van der Waals surface area contributed by atoms with Crippen LogP contribution < -0.4 is 15.8 Å². The summed E-state index contributed by atoms with van der Waals surface area (Å²) in [7, 11) is 0. The van der Waals surface area contributed by atoms with E-state index in [0.717, 1.165) is 17.9 Å². The molecular formula is C16H19ClN4O2. The second-order valence-corrected chi connectivity index (χ2v) is 5.23. The fourth-order valence-electron chi connectivity index (χ4n) is 1.92. The third kappa shape index (κ3) is 4.32. The predicted molar refractivity (Wildman–Crippen MR) is 90.4 cm³/mol. The molecule has 0 radical (unpaired) electrons. The van der Waals surface area contributed by atoms with E-state index in [1.54, 1.807) is 0 Å². The summed E-state index contributed by atoms with van der Waals surface area (Å²) in [4.78, 5) is 20.0. The molecule has 0 spiro atoms. The molecule has 0 aliphatic carbocycles. The lowest BCUT2D eigenvalue weighted by molar-refractivity contribution is 0.0996. The number of carbonyl (C=O) groups is 1. The van der Waals surface area contributed by atoms with Crippen LogP contribution in [0.4, 0.5) is 11.5 Å². The lowest BCUT2D eigenvalue weighted by Crippen LogP contribution is -2.18. The summed E-state index contributed by atoms with van der Waals surface area (Å²) in [5.74, 6) is 0.356. The molecular weight excluding hydrogens is 316 g/mol. The number of carbonyl (C=O) groups excluding carboxylic acids is 1. The Kier molecular flexibility index (Phi) is 5.76. The van der Waals surface area contributed by atoms with Crippen LogP contribution in [0.3, 0.4) is 0 Å². The summed E-state index contributed by atoms with van der Waals surface area (Å²) >= 11 is 6.07. The minimum Gasteiger partial charge on any atom is -0.494 e. The molecule has 1 amide bonds. The zero-order valence-corrected chi connectivity index (χ0v) is 13.9. The van der Waals surface area contributed by atoms with Gasteiger partial charge in [0.25, 0.3) is 5.91 Å². The van der Waals surface area contributed by atoms with Gasteiger partial charge in [-0.1, -0.05) is 25.4 Å². The molecule has 0 bridgehead atoms. The van der Waals surface area contributed by atoms with E-state index in [0.29, 0.717) is 18.7 Å². The molecule has 0 aliphatic heterocycles. The summed E-state index contributed by atoms with van der Waals surface area (Å²) in [6.45, 7) is 4.59. The Morgan fingerprint density at radius 2 is 1.96 bits per heavy atom. The largest absolute Gasteiger partial charge is 0.494 e. The molecule has 0 unspecified atom stereocenters. The second kappa shape index (κ2) is 7.78. The number of aromatic nitrogens is 2. The van der Waals surface area contributed by atoms with Crippen LogP contribution in [0.1, 0.15) is 36.5 Å². The van der Waals surface area contributed by atoms with Crippen LogP contribution in [-0.2, 0) is 6.42 Å². The number of amides is 1. The Labute approximate surface area is 140 Å². The fourth-order valence-corrected chi connectivity index (χ4v) is 2.19. The number of nitrogens with zero attached hydrogens (tertiary/aromatic N) is 2. The van der Waals surface area contributed by atoms with Gasteiger partial charge in [0.05, 0.1) is 12.3 Å². The third-order valence-electron chi connectivity index (χ3n) is 3.08. The highest BCUT2D eigenvalue weighted by Gasteiger charge is 2.16. The van der Waals surface area contributed by atoms with Crippen molar-refractivity contribution in [2.24, 2.45) is 5.73 Å². The van der Waals surface area contributed by atoms with E-state index in [9.17, 15) is 4.79 Å². The molecule has 0 aliphatic rings. The van der Waals surface area contributed by atoms with Gasteiger partial charge in [-0.25, -0.2) is 9.97 Å². The third-order valence-corrected chi connectivity index (χ3v) is 3.38. The maximum Gasteiger partial charge on any atom is 0.271 e. The average Bonchev–Trinajstić information content (AvgIpc) is 2.54. The molecule has 23 heavy (non-hydrogen) atoms. The average molecular weight is 335 g/mol. The first-order valence-electron chi connectivity index (χ1n) is 7.41. The van der Waals surface area contributed by atoms with E-state index >= 15 is 0 Å².